The lowest BCUT2D eigenvalue weighted by atomic mass is 10.2. The first-order chi connectivity index (χ1) is 6.74. The Labute approximate surface area is 84.0 Å². The molecule has 0 amide bonds. The minimum Gasteiger partial charge on any atom is -0.330 e. The summed E-state index contributed by atoms with van der Waals surface area (Å²) in [5, 5.41) is 0. The average molecular weight is 212 g/mol. The van der Waals surface area contributed by atoms with Gasteiger partial charge >= 0.3 is 0 Å². The highest BCUT2D eigenvalue weighted by Gasteiger charge is 2.09. The van der Waals surface area contributed by atoms with Crippen LogP contribution in [0.15, 0.2) is 30.3 Å². The maximum atomic E-state index is 11.5. The summed E-state index contributed by atoms with van der Waals surface area (Å²) in [6, 6.07) is 8.82. The lowest BCUT2D eigenvalue weighted by molar-refractivity contribution is 0.101. The first-order valence-electron chi connectivity index (χ1n) is 4.48. The number of ketones is 1. The molecule has 0 saturated carbocycles. The van der Waals surface area contributed by atoms with E-state index in [2.05, 4.69) is 0 Å². The Balaban J connectivity index is 2.55. The van der Waals surface area contributed by atoms with Crippen LogP contribution in [0.5, 0.6) is 0 Å². The second-order valence-corrected chi connectivity index (χ2v) is 4.16. The van der Waals surface area contributed by atoms with E-state index in [4.69, 9.17) is 4.52 Å². The number of hydrogen-bond acceptors (Lipinski definition) is 3. The van der Waals surface area contributed by atoms with E-state index in [9.17, 15) is 9.36 Å². The van der Waals surface area contributed by atoms with Crippen LogP contribution in [0.2, 0.25) is 0 Å². The van der Waals surface area contributed by atoms with Crippen molar-refractivity contribution in [2.75, 3.05) is 12.8 Å². The first kappa shape index (κ1) is 11.2. The summed E-state index contributed by atoms with van der Waals surface area (Å²) >= 11 is 0. The van der Waals surface area contributed by atoms with Gasteiger partial charge in [0.25, 0.3) is 0 Å². The van der Waals surface area contributed by atoms with E-state index >= 15 is 0 Å². The molecule has 76 valence electrons. The van der Waals surface area contributed by atoms with Crippen molar-refractivity contribution in [2.45, 2.75) is 6.92 Å². The highest BCUT2D eigenvalue weighted by molar-refractivity contribution is 7.40. The maximum absolute atomic E-state index is 11.5. The average Bonchev–Trinajstić information content (AvgIpc) is 2.19. The third-order valence-electron chi connectivity index (χ3n) is 1.71. The smallest absolute Gasteiger partial charge is 0.199 e. The van der Waals surface area contributed by atoms with E-state index in [1.165, 1.54) is 0 Å². The third-order valence-corrected chi connectivity index (χ3v) is 2.93. The van der Waals surface area contributed by atoms with Crippen LogP contribution in [-0.4, -0.2) is 18.6 Å². The van der Waals surface area contributed by atoms with Gasteiger partial charge in [-0.25, -0.2) is 0 Å². The number of carbonyl (C=O) groups is 1. The van der Waals surface area contributed by atoms with Crippen molar-refractivity contribution in [2.24, 2.45) is 0 Å². The SMILES string of the molecule is CCO[PH](=O)CC(=O)c1ccccc1. The van der Waals surface area contributed by atoms with Crippen molar-refractivity contribution < 1.29 is 13.9 Å². The van der Waals surface area contributed by atoms with Crippen molar-refractivity contribution in [3.05, 3.63) is 35.9 Å². The zero-order chi connectivity index (χ0) is 10.4. The van der Waals surface area contributed by atoms with Crippen LogP contribution in [0.1, 0.15) is 17.3 Å². The minimum atomic E-state index is -2.19. The third kappa shape index (κ3) is 3.44. The molecule has 1 atom stereocenters. The van der Waals surface area contributed by atoms with Gasteiger partial charge < -0.3 is 4.52 Å². The minimum absolute atomic E-state index is 0.00250. The van der Waals surface area contributed by atoms with E-state index in [0.717, 1.165) is 0 Å². The van der Waals surface area contributed by atoms with Crippen molar-refractivity contribution in [3.8, 4) is 0 Å². The summed E-state index contributed by atoms with van der Waals surface area (Å²) in [6.07, 6.45) is 0.00250. The van der Waals surface area contributed by atoms with Gasteiger partial charge in [0, 0.05) is 5.56 Å². The number of benzene rings is 1. The zero-order valence-corrected chi connectivity index (χ0v) is 9.03. The molecule has 4 heteroatoms. The Bertz CT molecular complexity index is 321. The fraction of sp³-hybridized carbons (Fsp3) is 0.300. The Kier molecular flexibility index (Phi) is 4.57. The molecule has 0 spiro atoms. The van der Waals surface area contributed by atoms with E-state index in [-0.39, 0.29) is 11.9 Å². The molecule has 0 bridgehead atoms. The molecule has 0 aliphatic heterocycles. The second-order valence-electron chi connectivity index (χ2n) is 2.77. The first-order valence-corrected chi connectivity index (χ1v) is 6.00. The molecule has 0 aliphatic rings. The van der Waals surface area contributed by atoms with E-state index < -0.39 is 8.03 Å². The molecule has 3 nitrogen and oxygen atoms in total. The second kappa shape index (κ2) is 5.74. The largest absolute Gasteiger partial charge is 0.330 e. The van der Waals surface area contributed by atoms with Crippen LogP contribution in [0.3, 0.4) is 0 Å². The molecular formula is C10H13O3P. The van der Waals surface area contributed by atoms with E-state index in [1.807, 2.05) is 6.07 Å². The molecule has 14 heavy (non-hydrogen) atoms. The topological polar surface area (TPSA) is 43.4 Å². The molecule has 0 heterocycles. The van der Waals surface area contributed by atoms with Gasteiger partial charge in [0.15, 0.2) is 13.8 Å². The zero-order valence-electron chi connectivity index (χ0n) is 8.03. The molecule has 0 radical (unpaired) electrons. The number of Topliss-reactive ketones (excluding diaryl/α,β-unsaturated/α-hetero) is 1. The normalized spacial score (nSPS) is 12.4. The summed E-state index contributed by atoms with van der Waals surface area (Å²) in [6.45, 7) is 2.15. The van der Waals surface area contributed by atoms with Gasteiger partial charge in [0.2, 0.25) is 0 Å². The van der Waals surface area contributed by atoms with Crippen LogP contribution in [0, 0.1) is 0 Å². The molecule has 1 aromatic carbocycles. The van der Waals surface area contributed by atoms with Crippen molar-refractivity contribution in [1.82, 2.24) is 0 Å². The Hall–Kier alpha value is -0.920. The van der Waals surface area contributed by atoms with Crippen LogP contribution in [0.4, 0.5) is 0 Å². The quantitative estimate of drug-likeness (QED) is 0.556. The van der Waals surface area contributed by atoms with Gasteiger partial charge in [-0.2, -0.15) is 0 Å². The molecular weight excluding hydrogens is 199 g/mol. The molecule has 1 aromatic rings. The lowest BCUT2D eigenvalue weighted by Gasteiger charge is -2.01. The van der Waals surface area contributed by atoms with Crippen LogP contribution in [-0.2, 0) is 9.09 Å². The fourth-order valence-corrected chi connectivity index (χ4v) is 1.96. The molecule has 0 fully saturated rings. The predicted molar refractivity (Wildman–Crippen MR) is 56.3 cm³/mol. The van der Waals surface area contributed by atoms with Crippen molar-refractivity contribution in [1.29, 1.82) is 0 Å². The van der Waals surface area contributed by atoms with Crippen LogP contribution >= 0.6 is 8.03 Å². The van der Waals surface area contributed by atoms with E-state index in [1.54, 1.807) is 31.2 Å². The Morgan fingerprint density at radius 3 is 2.57 bits per heavy atom. The lowest BCUT2D eigenvalue weighted by Crippen LogP contribution is -2.02. The standard InChI is InChI=1S/C10H13O3P/c1-2-13-14(12)8-10(11)9-6-4-3-5-7-9/h3-7,14H,2,8H2,1H3. The monoisotopic (exact) mass is 212 g/mol. The highest BCUT2D eigenvalue weighted by atomic mass is 31.1. The van der Waals surface area contributed by atoms with Crippen molar-refractivity contribution in [3.63, 3.8) is 0 Å². The molecule has 0 saturated heterocycles. The Morgan fingerprint density at radius 2 is 2.00 bits per heavy atom. The highest BCUT2D eigenvalue weighted by Crippen LogP contribution is 2.22. The Morgan fingerprint density at radius 1 is 1.36 bits per heavy atom. The van der Waals surface area contributed by atoms with Crippen molar-refractivity contribution >= 4 is 13.8 Å². The number of rotatable bonds is 5. The molecule has 0 aromatic heterocycles. The van der Waals surface area contributed by atoms with Gasteiger partial charge in [-0.05, 0) is 6.92 Å². The van der Waals surface area contributed by atoms with E-state index in [0.29, 0.717) is 12.2 Å². The molecule has 1 unspecified atom stereocenters. The molecule has 0 N–H and O–H groups in total. The van der Waals surface area contributed by atoms with Gasteiger partial charge in [0.1, 0.15) is 0 Å². The summed E-state index contributed by atoms with van der Waals surface area (Å²) < 4.78 is 16.0. The molecule has 1 rings (SSSR count). The number of carbonyl (C=O) groups excluding carboxylic acids is 1. The fourth-order valence-electron chi connectivity index (χ4n) is 1.07. The van der Waals surface area contributed by atoms with Gasteiger partial charge in [-0.1, -0.05) is 30.3 Å². The summed E-state index contributed by atoms with van der Waals surface area (Å²) in [7, 11) is -2.19. The van der Waals surface area contributed by atoms with Gasteiger partial charge in [0.05, 0.1) is 12.8 Å². The predicted octanol–water partition coefficient (Wildman–Crippen LogP) is 2.38. The van der Waals surface area contributed by atoms with Gasteiger partial charge in [-0.3, -0.25) is 9.36 Å². The van der Waals surface area contributed by atoms with Gasteiger partial charge in [-0.15, -0.1) is 0 Å². The summed E-state index contributed by atoms with van der Waals surface area (Å²) in [4.78, 5) is 11.5. The number of hydrogen-bond donors (Lipinski definition) is 0. The van der Waals surface area contributed by atoms with Crippen LogP contribution < -0.4 is 0 Å². The molecule has 0 aliphatic carbocycles. The summed E-state index contributed by atoms with van der Waals surface area (Å²) in [5.41, 5.74) is 0.588. The van der Waals surface area contributed by atoms with Crippen LogP contribution in [0.25, 0.3) is 0 Å². The summed E-state index contributed by atoms with van der Waals surface area (Å²) in [5.74, 6) is -0.122. The maximum Gasteiger partial charge on any atom is 0.199 e.